The van der Waals surface area contributed by atoms with Crippen molar-refractivity contribution in [3.63, 3.8) is 0 Å². The van der Waals surface area contributed by atoms with Crippen molar-refractivity contribution >= 4 is 11.8 Å². The third-order valence-electron chi connectivity index (χ3n) is 3.55. The molecule has 1 aromatic rings. The van der Waals surface area contributed by atoms with Crippen LogP contribution in [0.5, 0.6) is 5.75 Å². The topological polar surface area (TPSA) is 72.6 Å². The predicted octanol–water partition coefficient (Wildman–Crippen LogP) is 1.62. The van der Waals surface area contributed by atoms with E-state index in [9.17, 15) is 9.59 Å². The Balaban J connectivity index is 2.15. The van der Waals surface area contributed by atoms with Crippen molar-refractivity contribution < 1.29 is 14.3 Å². The fourth-order valence-corrected chi connectivity index (χ4v) is 2.43. The molecule has 1 aliphatic rings. The van der Waals surface area contributed by atoms with E-state index >= 15 is 0 Å². The summed E-state index contributed by atoms with van der Waals surface area (Å²) >= 11 is 0. The van der Waals surface area contributed by atoms with Crippen molar-refractivity contribution in [1.82, 2.24) is 4.90 Å². The molecule has 1 aromatic carbocycles. The number of nitrogens with two attached hydrogens (primary N) is 1. The monoisotopic (exact) mass is 276 g/mol. The van der Waals surface area contributed by atoms with Crippen LogP contribution in [0.3, 0.4) is 0 Å². The molecule has 1 unspecified atom stereocenters. The highest BCUT2D eigenvalue weighted by atomic mass is 16.5. The Morgan fingerprint density at radius 1 is 1.20 bits per heavy atom. The fraction of sp³-hybridized carbons (Fsp3) is 0.467. The molecule has 0 bridgehead atoms. The highest BCUT2D eigenvalue weighted by Crippen LogP contribution is 2.25. The second-order valence-electron chi connectivity index (χ2n) is 4.95. The van der Waals surface area contributed by atoms with Crippen molar-refractivity contribution in [2.75, 3.05) is 13.7 Å². The minimum Gasteiger partial charge on any atom is -0.496 e. The Kier molecular flexibility index (Phi) is 4.74. The summed E-state index contributed by atoms with van der Waals surface area (Å²) in [6.07, 6.45) is 2.38. The van der Waals surface area contributed by atoms with Crippen LogP contribution in [0.1, 0.15) is 37.3 Å². The van der Waals surface area contributed by atoms with Gasteiger partial charge in [0.25, 0.3) is 0 Å². The van der Waals surface area contributed by atoms with Crippen LogP contribution < -0.4 is 10.5 Å². The third kappa shape index (κ3) is 3.17. The summed E-state index contributed by atoms with van der Waals surface area (Å²) in [5.74, 6) is 0.422. The Bertz CT molecular complexity index is 484. The van der Waals surface area contributed by atoms with Crippen LogP contribution in [0.15, 0.2) is 24.3 Å². The van der Waals surface area contributed by atoms with Crippen LogP contribution in [0, 0.1) is 0 Å². The Hall–Kier alpha value is -1.88. The normalized spacial score (nSPS) is 17.8. The number of likely N-dealkylation sites (tertiary alicyclic amines) is 1. The maximum atomic E-state index is 12.0. The van der Waals surface area contributed by atoms with E-state index in [1.54, 1.807) is 7.11 Å². The van der Waals surface area contributed by atoms with Gasteiger partial charge in [0, 0.05) is 24.9 Å². The first-order valence-electron chi connectivity index (χ1n) is 6.85. The quantitative estimate of drug-likeness (QED) is 0.848. The second-order valence-corrected chi connectivity index (χ2v) is 4.95. The Morgan fingerprint density at radius 3 is 2.40 bits per heavy atom. The molecule has 0 spiro atoms. The summed E-state index contributed by atoms with van der Waals surface area (Å²) in [7, 11) is 1.58. The van der Waals surface area contributed by atoms with Gasteiger partial charge in [-0.05, 0) is 18.9 Å². The summed E-state index contributed by atoms with van der Waals surface area (Å²) in [5, 5.41) is 0. The molecule has 2 rings (SSSR count). The zero-order valence-corrected chi connectivity index (χ0v) is 11.7. The molecule has 1 fully saturated rings. The SMILES string of the molecule is COc1ccccc1C(N)CN1C(=O)CCCCC1=O. The number of hydrogen-bond acceptors (Lipinski definition) is 4. The highest BCUT2D eigenvalue weighted by molar-refractivity contribution is 5.96. The average Bonchev–Trinajstić information content (AvgIpc) is 2.62. The van der Waals surface area contributed by atoms with Crippen molar-refractivity contribution in [2.24, 2.45) is 5.73 Å². The Morgan fingerprint density at radius 2 is 1.80 bits per heavy atom. The lowest BCUT2D eigenvalue weighted by Gasteiger charge is -2.24. The summed E-state index contributed by atoms with van der Waals surface area (Å²) < 4.78 is 5.27. The molecule has 1 heterocycles. The van der Waals surface area contributed by atoms with Crippen molar-refractivity contribution in [3.8, 4) is 5.75 Å². The molecule has 1 atom stereocenters. The number of nitrogens with zero attached hydrogens (tertiary/aromatic N) is 1. The predicted molar refractivity (Wildman–Crippen MR) is 75.1 cm³/mol. The number of carbonyl (C=O) groups excluding carboxylic acids is 2. The van der Waals surface area contributed by atoms with E-state index in [2.05, 4.69) is 0 Å². The summed E-state index contributed by atoms with van der Waals surface area (Å²) in [4.78, 5) is 25.2. The van der Waals surface area contributed by atoms with Crippen LogP contribution in [-0.4, -0.2) is 30.4 Å². The van der Waals surface area contributed by atoms with Gasteiger partial charge in [-0.25, -0.2) is 0 Å². The lowest BCUT2D eigenvalue weighted by Crippen LogP contribution is -2.40. The van der Waals surface area contributed by atoms with Crippen molar-refractivity contribution in [3.05, 3.63) is 29.8 Å². The highest BCUT2D eigenvalue weighted by Gasteiger charge is 2.26. The summed E-state index contributed by atoms with van der Waals surface area (Å²) in [6.45, 7) is 0.206. The first-order chi connectivity index (χ1) is 9.63. The number of para-hydroxylation sites is 1. The van der Waals surface area contributed by atoms with Crippen molar-refractivity contribution in [1.29, 1.82) is 0 Å². The van der Waals surface area contributed by atoms with E-state index < -0.39 is 6.04 Å². The lowest BCUT2D eigenvalue weighted by atomic mass is 10.1. The van der Waals surface area contributed by atoms with E-state index in [0.717, 1.165) is 18.4 Å². The number of carbonyl (C=O) groups is 2. The third-order valence-corrected chi connectivity index (χ3v) is 3.55. The number of ether oxygens (including phenoxy) is 1. The van der Waals surface area contributed by atoms with E-state index in [0.29, 0.717) is 18.6 Å². The zero-order valence-electron chi connectivity index (χ0n) is 11.7. The van der Waals surface area contributed by atoms with Gasteiger partial charge in [0.2, 0.25) is 11.8 Å². The lowest BCUT2D eigenvalue weighted by molar-refractivity contribution is -0.144. The molecule has 1 saturated heterocycles. The number of imide groups is 1. The van der Waals surface area contributed by atoms with Gasteiger partial charge >= 0.3 is 0 Å². The molecule has 20 heavy (non-hydrogen) atoms. The number of methoxy groups -OCH3 is 1. The average molecular weight is 276 g/mol. The minimum absolute atomic E-state index is 0.127. The van der Waals surface area contributed by atoms with Crippen LogP contribution in [-0.2, 0) is 9.59 Å². The molecule has 0 aromatic heterocycles. The van der Waals surface area contributed by atoms with Gasteiger partial charge in [-0.1, -0.05) is 18.2 Å². The fourth-order valence-electron chi connectivity index (χ4n) is 2.43. The number of benzene rings is 1. The first-order valence-corrected chi connectivity index (χ1v) is 6.85. The van der Waals surface area contributed by atoms with Crippen LogP contribution in [0.2, 0.25) is 0 Å². The Labute approximate surface area is 118 Å². The van der Waals surface area contributed by atoms with Gasteiger partial charge in [-0.15, -0.1) is 0 Å². The molecule has 5 heteroatoms. The smallest absolute Gasteiger partial charge is 0.229 e. The molecule has 108 valence electrons. The number of amides is 2. The molecule has 5 nitrogen and oxygen atoms in total. The van der Waals surface area contributed by atoms with Crippen LogP contribution in [0.25, 0.3) is 0 Å². The molecule has 0 radical (unpaired) electrons. The zero-order chi connectivity index (χ0) is 14.5. The van der Waals surface area contributed by atoms with Gasteiger partial charge < -0.3 is 10.5 Å². The number of rotatable bonds is 4. The van der Waals surface area contributed by atoms with Gasteiger partial charge in [0.05, 0.1) is 13.2 Å². The summed E-state index contributed by atoms with van der Waals surface area (Å²) in [5.41, 5.74) is 6.96. The van der Waals surface area contributed by atoms with E-state index in [4.69, 9.17) is 10.5 Å². The van der Waals surface area contributed by atoms with Gasteiger partial charge in [-0.3, -0.25) is 14.5 Å². The van der Waals surface area contributed by atoms with Gasteiger partial charge in [-0.2, -0.15) is 0 Å². The molecular formula is C15H20N2O3. The molecule has 0 aliphatic carbocycles. The van der Waals surface area contributed by atoms with Gasteiger partial charge in [0.15, 0.2) is 0 Å². The minimum atomic E-state index is -0.433. The molecule has 2 N–H and O–H groups in total. The maximum absolute atomic E-state index is 12.0. The van der Waals surface area contributed by atoms with Crippen molar-refractivity contribution in [2.45, 2.75) is 31.7 Å². The van der Waals surface area contributed by atoms with E-state index in [-0.39, 0.29) is 18.4 Å². The first kappa shape index (κ1) is 14.5. The molecular weight excluding hydrogens is 256 g/mol. The maximum Gasteiger partial charge on any atom is 0.229 e. The van der Waals surface area contributed by atoms with Gasteiger partial charge in [0.1, 0.15) is 5.75 Å². The second kappa shape index (κ2) is 6.52. The molecule has 1 aliphatic heterocycles. The van der Waals surface area contributed by atoms with E-state index in [1.165, 1.54) is 4.90 Å². The van der Waals surface area contributed by atoms with Crippen LogP contribution in [0.4, 0.5) is 0 Å². The summed E-state index contributed by atoms with van der Waals surface area (Å²) in [6, 6.07) is 6.97. The molecule has 2 amide bonds. The largest absolute Gasteiger partial charge is 0.496 e. The van der Waals surface area contributed by atoms with Crippen LogP contribution >= 0.6 is 0 Å². The molecule has 0 saturated carbocycles. The standard InChI is InChI=1S/C15H20N2O3/c1-20-13-7-3-2-6-11(13)12(16)10-17-14(18)8-4-5-9-15(17)19/h2-3,6-7,12H,4-5,8-10,16H2,1H3. The van der Waals surface area contributed by atoms with E-state index in [1.807, 2.05) is 24.3 Å². The number of hydrogen-bond donors (Lipinski definition) is 1.